The van der Waals surface area contributed by atoms with Crippen molar-refractivity contribution in [3.8, 4) is 0 Å². The highest BCUT2D eigenvalue weighted by Gasteiger charge is 2.26. The van der Waals surface area contributed by atoms with E-state index in [4.69, 9.17) is 0 Å². The molecular formula is C15H28N2O. The van der Waals surface area contributed by atoms with Crippen LogP contribution in [0.25, 0.3) is 0 Å². The van der Waals surface area contributed by atoms with Crippen LogP contribution in [-0.4, -0.2) is 48.4 Å². The minimum absolute atomic E-state index is 0.303. The highest BCUT2D eigenvalue weighted by molar-refractivity contribution is 5.78. The van der Waals surface area contributed by atoms with Gasteiger partial charge in [0, 0.05) is 25.4 Å². The second kappa shape index (κ2) is 8.30. The summed E-state index contributed by atoms with van der Waals surface area (Å²) in [5, 5.41) is 0. The Labute approximate surface area is 112 Å². The summed E-state index contributed by atoms with van der Waals surface area (Å²) in [6.45, 7) is 13.5. The van der Waals surface area contributed by atoms with Crippen LogP contribution in [-0.2, 0) is 4.79 Å². The van der Waals surface area contributed by atoms with Gasteiger partial charge in [0.25, 0.3) is 0 Å². The molecule has 0 aromatic carbocycles. The Morgan fingerprint density at radius 1 is 1.33 bits per heavy atom. The molecule has 0 aromatic heterocycles. The van der Waals surface area contributed by atoms with E-state index < -0.39 is 0 Å². The van der Waals surface area contributed by atoms with Gasteiger partial charge in [-0.2, -0.15) is 0 Å². The molecule has 3 heteroatoms. The Kier molecular flexibility index (Phi) is 7.02. The van der Waals surface area contributed by atoms with Crippen LogP contribution in [0.1, 0.15) is 39.5 Å². The van der Waals surface area contributed by atoms with Crippen LogP contribution >= 0.6 is 0 Å². The lowest BCUT2D eigenvalue weighted by molar-refractivity contribution is -0.127. The van der Waals surface area contributed by atoms with Gasteiger partial charge in [0.15, 0.2) is 0 Å². The summed E-state index contributed by atoms with van der Waals surface area (Å²) in [5.74, 6) is 0.678. The average Bonchev–Trinajstić information content (AvgIpc) is 2.71. The summed E-state index contributed by atoms with van der Waals surface area (Å²) in [4.78, 5) is 16.2. The van der Waals surface area contributed by atoms with Gasteiger partial charge in [-0.05, 0) is 38.9 Å². The van der Waals surface area contributed by atoms with Crippen LogP contribution in [0.4, 0.5) is 0 Å². The second-order valence-corrected chi connectivity index (χ2v) is 5.23. The smallest absolute Gasteiger partial charge is 0.223 e. The summed E-state index contributed by atoms with van der Waals surface area (Å²) < 4.78 is 0. The van der Waals surface area contributed by atoms with E-state index in [1.807, 2.05) is 11.0 Å². The molecule has 0 N–H and O–H groups in total. The van der Waals surface area contributed by atoms with Crippen LogP contribution < -0.4 is 0 Å². The van der Waals surface area contributed by atoms with E-state index in [0.29, 0.717) is 18.2 Å². The molecule has 0 bridgehead atoms. The first kappa shape index (κ1) is 15.2. The summed E-state index contributed by atoms with van der Waals surface area (Å²) in [5.41, 5.74) is 0. The fourth-order valence-corrected chi connectivity index (χ4v) is 2.63. The van der Waals surface area contributed by atoms with Gasteiger partial charge in [-0.1, -0.05) is 19.9 Å². The molecule has 18 heavy (non-hydrogen) atoms. The zero-order chi connectivity index (χ0) is 13.4. The molecule has 1 heterocycles. The molecule has 1 unspecified atom stereocenters. The third kappa shape index (κ3) is 4.81. The molecule has 1 rings (SSSR count). The van der Waals surface area contributed by atoms with E-state index in [2.05, 4.69) is 25.3 Å². The van der Waals surface area contributed by atoms with Crippen molar-refractivity contribution in [3.63, 3.8) is 0 Å². The quantitative estimate of drug-likeness (QED) is 0.589. The standard InChI is InChI=1S/C15H28N2O/c1-4-8-16(9-5-2)10-7-11-17-13-14(6-3)12-15(17)18/h6,14H,3-5,7-13H2,1-2H3. The van der Waals surface area contributed by atoms with Gasteiger partial charge in [0.2, 0.25) is 5.91 Å². The zero-order valence-corrected chi connectivity index (χ0v) is 12.0. The van der Waals surface area contributed by atoms with Gasteiger partial charge in [0.05, 0.1) is 0 Å². The van der Waals surface area contributed by atoms with Crippen molar-refractivity contribution in [1.82, 2.24) is 9.80 Å². The maximum Gasteiger partial charge on any atom is 0.223 e. The van der Waals surface area contributed by atoms with E-state index >= 15 is 0 Å². The summed E-state index contributed by atoms with van der Waals surface area (Å²) >= 11 is 0. The van der Waals surface area contributed by atoms with Crippen molar-refractivity contribution in [2.45, 2.75) is 39.5 Å². The Balaban J connectivity index is 2.23. The first-order chi connectivity index (χ1) is 8.71. The molecule has 3 nitrogen and oxygen atoms in total. The maximum atomic E-state index is 11.7. The predicted molar refractivity (Wildman–Crippen MR) is 76.5 cm³/mol. The first-order valence-electron chi connectivity index (χ1n) is 7.33. The average molecular weight is 252 g/mol. The van der Waals surface area contributed by atoms with Crippen LogP contribution in [0.5, 0.6) is 0 Å². The predicted octanol–water partition coefficient (Wildman–Crippen LogP) is 2.53. The van der Waals surface area contributed by atoms with Crippen molar-refractivity contribution >= 4 is 5.91 Å². The fourth-order valence-electron chi connectivity index (χ4n) is 2.63. The lowest BCUT2D eigenvalue weighted by atomic mass is 10.1. The van der Waals surface area contributed by atoms with Gasteiger partial charge in [-0.25, -0.2) is 0 Å². The van der Waals surface area contributed by atoms with Gasteiger partial charge >= 0.3 is 0 Å². The lowest BCUT2D eigenvalue weighted by Crippen LogP contribution is -2.31. The third-order valence-corrected chi connectivity index (χ3v) is 3.56. The second-order valence-electron chi connectivity index (χ2n) is 5.23. The Hall–Kier alpha value is -0.830. The molecule has 0 aliphatic carbocycles. The van der Waals surface area contributed by atoms with E-state index in [-0.39, 0.29) is 0 Å². The maximum absolute atomic E-state index is 11.7. The number of nitrogens with zero attached hydrogens (tertiary/aromatic N) is 2. The van der Waals surface area contributed by atoms with Crippen molar-refractivity contribution in [2.75, 3.05) is 32.7 Å². The molecular weight excluding hydrogens is 224 g/mol. The number of likely N-dealkylation sites (tertiary alicyclic amines) is 1. The van der Waals surface area contributed by atoms with Crippen molar-refractivity contribution in [3.05, 3.63) is 12.7 Å². The summed E-state index contributed by atoms with van der Waals surface area (Å²) in [6, 6.07) is 0. The molecule has 1 fully saturated rings. The Morgan fingerprint density at radius 3 is 2.50 bits per heavy atom. The summed E-state index contributed by atoms with van der Waals surface area (Å²) in [7, 11) is 0. The fraction of sp³-hybridized carbons (Fsp3) is 0.800. The SMILES string of the molecule is C=CC1CC(=O)N(CCCN(CCC)CCC)C1. The molecule has 1 aliphatic rings. The topological polar surface area (TPSA) is 23.6 Å². The van der Waals surface area contributed by atoms with Gasteiger partial charge < -0.3 is 9.80 Å². The summed E-state index contributed by atoms with van der Waals surface area (Å²) in [6.07, 6.45) is 6.09. The molecule has 1 aliphatic heterocycles. The number of carbonyl (C=O) groups excluding carboxylic acids is 1. The van der Waals surface area contributed by atoms with Crippen molar-refractivity contribution in [1.29, 1.82) is 0 Å². The molecule has 0 saturated carbocycles. The lowest BCUT2D eigenvalue weighted by Gasteiger charge is -2.23. The van der Waals surface area contributed by atoms with Gasteiger partial charge in [0.1, 0.15) is 0 Å². The monoisotopic (exact) mass is 252 g/mol. The van der Waals surface area contributed by atoms with Crippen LogP contribution in [0, 0.1) is 5.92 Å². The van der Waals surface area contributed by atoms with Crippen LogP contribution in [0.2, 0.25) is 0 Å². The normalized spacial score (nSPS) is 19.8. The Bertz CT molecular complexity index is 259. The number of hydrogen-bond donors (Lipinski definition) is 0. The first-order valence-corrected chi connectivity index (χ1v) is 7.33. The molecule has 104 valence electrons. The van der Waals surface area contributed by atoms with Crippen LogP contribution in [0.3, 0.4) is 0 Å². The molecule has 1 saturated heterocycles. The number of rotatable bonds is 9. The van der Waals surface area contributed by atoms with Gasteiger partial charge in [-0.15, -0.1) is 6.58 Å². The van der Waals surface area contributed by atoms with Crippen molar-refractivity contribution in [2.24, 2.45) is 5.92 Å². The van der Waals surface area contributed by atoms with E-state index in [1.54, 1.807) is 0 Å². The molecule has 0 radical (unpaired) electrons. The molecule has 1 amide bonds. The van der Waals surface area contributed by atoms with E-state index in [9.17, 15) is 4.79 Å². The Morgan fingerprint density at radius 2 is 2.00 bits per heavy atom. The molecule has 0 spiro atoms. The minimum Gasteiger partial charge on any atom is -0.342 e. The third-order valence-electron chi connectivity index (χ3n) is 3.56. The number of hydrogen-bond acceptors (Lipinski definition) is 2. The highest BCUT2D eigenvalue weighted by Crippen LogP contribution is 2.18. The molecule has 0 aromatic rings. The van der Waals surface area contributed by atoms with Crippen molar-refractivity contribution < 1.29 is 4.79 Å². The number of amides is 1. The minimum atomic E-state index is 0.303. The van der Waals surface area contributed by atoms with E-state index in [1.165, 1.54) is 25.9 Å². The molecule has 1 atom stereocenters. The van der Waals surface area contributed by atoms with Crippen LogP contribution in [0.15, 0.2) is 12.7 Å². The van der Waals surface area contributed by atoms with Gasteiger partial charge in [-0.3, -0.25) is 4.79 Å². The van der Waals surface area contributed by atoms with E-state index in [0.717, 1.165) is 26.1 Å². The zero-order valence-electron chi connectivity index (χ0n) is 12.0. The highest BCUT2D eigenvalue weighted by atomic mass is 16.2. The largest absolute Gasteiger partial charge is 0.342 e. The number of carbonyl (C=O) groups is 1.